The third kappa shape index (κ3) is 2.93. The van der Waals surface area contributed by atoms with Gasteiger partial charge >= 0.3 is 0 Å². The number of aromatic nitrogens is 3. The van der Waals surface area contributed by atoms with Crippen LogP contribution in [0.25, 0.3) is 81.3 Å². The molecule has 0 atom stereocenters. The second kappa shape index (κ2) is 7.76. The Hall–Kier alpha value is -5.00. The van der Waals surface area contributed by atoms with Crippen molar-refractivity contribution in [3.63, 3.8) is 0 Å². The van der Waals surface area contributed by atoms with Crippen molar-refractivity contribution in [3.05, 3.63) is 115 Å². The maximum absolute atomic E-state index is 6.25. The highest BCUT2D eigenvalue weighted by Crippen LogP contribution is 2.41. The molecule has 0 aliphatic heterocycles. The molecule has 9 aromatic rings. The molecule has 0 N–H and O–H groups in total. The van der Waals surface area contributed by atoms with Crippen LogP contribution in [0.5, 0.6) is 0 Å². The van der Waals surface area contributed by atoms with E-state index in [9.17, 15) is 0 Å². The Bertz CT molecular complexity index is 2400. The first-order chi connectivity index (χ1) is 19.3. The molecule has 0 aliphatic rings. The summed E-state index contributed by atoms with van der Waals surface area (Å²) in [6.07, 6.45) is 0. The topological polar surface area (TPSA) is 43.9 Å². The maximum Gasteiger partial charge on any atom is 0.236 e. The average molecular weight is 518 g/mol. The zero-order valence-electron chi connectivity index (χ0n) is 20.6. The van der Waals surface area contributed by atoms with E-state index in [1.807, 2.05) is 18.2 Å². The average Bonchev–Trinajstić information content (AvgIpc) is 3.65. The molecule has 0 unspecified atom stereocenters. The molecule has 0 saturated heterocycles. The Morgan fingerprint density at radius 2 is 1.31 bits per heavy atom. The maximum atomic E-state index is 6.25. The van der Waals surface area contributed by atoms with Gasteiger partial charge in [0, 0.05) is 42.6 Å². The summed E-state index contributed by atoms with van der Waals surface area (Å²) in [6, 6.07) is 40.0. The molecule has 0 bridgehead atoms. The molecule has 0 radical (unpaired) electrons. The number of rotatable bonds is 2. The zero-order valence-corrected chi connectivity index (χ0v) is 21.4. The predicted molar refractivity (Wildman–Crippen MR) is 162 cm³/mol. The summed E-state index contributed by atoms with van der Waals surface area (Å²) in [5, 5.41) is 6.77. The van der Waals surface area contributed by atoms with E-state index in [2.05, 4.69) is 102 Å². The fourth-order valence-electron chi connectivity index (χ4n) is 5.92. The van der Waals surface area contributed by atoms with Crippen LogP contribution in [-0.4, -0.2) is 14.5 Å². The van der Waals surface area contributed by atoms with Crippen LogP contribution in [0.2, 0.25) is 0 Å². The van der Waals surface area contributed by atoms with E-state index in [1.165, 1.54) is 10.1 Å². The van der Waals surface area contributed by atoms with Crippen LogP contribution in [0.3, 0.4) is 0 Å². The number of fused-ring (bicyclic) bond motifs is 9. The van der Waals surface area contributed by atoms with Gasteiger partial charge in [0.2, 0.25) is 5.95 Å². The Kier molecular flexibility index (Phi) is 4.18. The molecule has 4 heterocycles. The summed E-state index contributed by atoms with van der Waals surface area (Å²) in [7, 11) is 0. The van der Waals surface area contributed by atoms with Crippen LogP contribution < -0.4 is 0 Å². The minimum absolute atomic E-state index is 0.672. The van der Waals surface area contributed by atoms with Crippen molar-refractivity contribution in [2.75, 3.05) is 0 Å². The third-order valence-corrected chi connectivity index (χ3v) is 8.71. The minimum Gasteiger partial charge on any atom is -0.456 e. The monoisotopic (exact) mass is 517 g/mol. The quantitative estimate of drug-likeness (QED) is 0.229. The normalized spacial score (nSPS) is 12.1. The van der Waals surface area contributed by atoms with Gasteiger partial charge in [0.1, 0.15) is 16.0 Å². The number of nitrogens with zero attached hydrogens (tertiary/aromatic N) is 3. The van der Waals surface area contributed by atoms with Crippen molar-refractivity contribution >= 4 is 75.4 Å². The van der Waals surface area contributed by atoms with E-state index in [1.54, 1.807) is 11.3 Å². The minimum atomic E-state index is 0.672. The van der Waals surface area contributed by atoms with Crippen molar-refractivity contribution < 1.29 is 4.42 Å². The SMILES string of the molecule is c1ccc(-c2nc(-n3c4ccccc4c4cc5oc6ccccc6c5cc43)nc3sc4ccccc4c23)cc1. The molecule has 0 aliphatic carbocycles. The predicted octanol–water partition coefficient (Wildman–Crippen LogP) is 9.51. The molecule has 5 heteroatoms. The molecule has 9 rings (SSSR count). The van der Waals surface area contributed by atoms with Crippen LogP contribution in [0, 0.1) is 0 Å². The first kappa shape index (κ1) is 21.0. The molecule has 182 valence electrons. The van der Waals surface area contributed by atoms with E-state index in [0.29, 0.717) is 5.95 Å². The van der Waals surface area contributed by atoms with Gasteiger partial charge in [-0.3, -0.25) is 4.57 Å². The first-order valence-electron chi connectivity index (χ1n) is 12.9. The Morgan fingerprint density at radius 1 is 0.564 bits per heavy atom. The summed E-state index contributed by atoms with van der Waals surface area (Å²) in [5.41, 5.74) is 5.95. The molecule has 39 heavy (non-hydrogen) atoms. The number of thiophene rings is 1. The highest BCUT2D eigenvalue weighted by Gasteiger charge is 2.21. The van der Waals surface area contributed by atoms with Crippen molar-refractivity contribution in [2.24, 2.45) is 0 Å². The fraction of sp³-hybridized carbons (Fsp3) is 0. The number of para-hydroxylation sites is 2. The second-order valence-electron chi connectivity index (χ2n) is 9.83. The molecule has 4 aromatic heterocycles. The highest BCUT2D eigenvalue weighted by molar-refractivity contribution is 7.25. The lowest BCUT2D eigenvalue weighted by molar-refractivity contribution is 0.669. The molecule has 4 nitrogen and oxygen atoms in total. The molecule has 0 fully saturated rings. The number of benzene rings is 5. The fourth-order valence-corrected chi connectivity index (χ4v) is 6.99. The lowest BCUT2D eigenvalue weighted by Gasteiger charge is -2.10. The molecule has 0 amide bonds. The summed E-state index contributed by atoms with van der Waals surface area (Å²) in [6.45, 7) is 0. The lowest BCUT2D eigenvalue weighted by Crippen LogP contribution is -2.02. The Balaban J connectivity index is 1.45. The van der Waals surface area contributed by atoms with E-state index < -0.39 is 0 Å². The van der Waals surface area contributed by atoms with Crippen LogP contribution in [0.15, 0.2) is 120 Å². The standard InChI is InChI=1S/C34H19N3OS/c1-2-10-20(11-3-1)32-31-23-14-6-9-17-30(23)39-33(31)36-34(35-32)37-26-15-7-4-12-21(26)24-19-29-25(18-27(24)37)22-13-5-8-16-28(22)38-29/h1-19H. The van der Waals surface area contributed by atoms with E-state index in [0.717, 1.165) is 65.2 Å². The number of hydrogen-bond donors (Lipinski definition) is 0. The third-order valence-electron chi connectivity index (χ3n) is 7.65. The lowest BCUT2D eigenvalue weighted by atomic mass is 10.1. The van der Waals surface area contributed by atoms with Crippen LogP contribution >= 0.6 is 11.3 Å². The summed E-state index contributed by atoms with van der Waals surface area (Å²) in [5.74, 6) is 0.672. The number of hydrogen-bond acceptors (Lipinski definition) is 4. The smallest absolute Gasteiger partial charge is 0.236 e. The molecule has 5 aromatic carbocycles. The van der Waals surface area contributed by atoms with Gasteiger partial charge in [0.05, 0.1) is 16.7 Å². The van der Waals surface area contributed by atoms with Crippen molar-refractivity contribution in [2.45, 2.75) is 0 Å². The van der Waals surface area contributed by atoms with Crippen LogP contribution in [0.4, 0.5) is 0 Å². The van der Waals surface area contributed by atoms with Crippen LogP contribution in [0.1, 0.15) is 0 Å². The van der Waals surface area contributed by atoms with Gasteiger partial charge < -0.3 is 4.42 Å². The second-order valence-corrected chi connectivity index (χ2v) is 10.9. The Labute approximate surface area is 226 Å². The van der Waals surface area contributed by atoms with Crippen molar-refractivity contribution in [1.82, 2.24) is 14.5 Å². The summed E-state index contributed by atoms with van der Waals surface area (Å²) < 4.78 is 9.68. The molecular weight excluding hydrogens is 498 g/mol. The summed E-state index contributed by atoms with van der Waals surface area (Å²) in [4.78, 5) is 11.5. The van der Waals surface area contributed by atoms with Gasteiger partial charge in [-0.25, -0.2) is 9.97 Å². The van der Waals surface area contributed by atoms with E-state index >= 15 is 0 Å². The molecular formula is C34H19N3OS. The van der Waals surface area contributed by atoms with Gasteiger partial charge in [0.15, 0.2) is 0 Å². The van der Waals surface area contributed by atoms with E-state index in [4.69, 9.17) is 14.4 Å². The largest absolute Gasteiger partial charge is 0.456 e. The van der Waals surface area contributed by atoms with Crippen LogP contribution in [-0.2, 0) is 0 Å². The first-order valence-corrected chi connectivity index (χ1v) is 13.7. The van der Waals surface area contributed by atoms with Gasteiger partial charge in [-0.15, -0.1) is 11.3 Å². The van der Waals surface area contributed by atoms with Crippen molar-refractivity contribution in [1.29, 1.82) is 0 Å². The Morgan fingerprint density at radius 3 is 2.21 bits per heavy atom. The van der Waals surface area contributed by atoms with Gasteiger partial charge in [0.25, 0.3) is 0 Å². The van der Waals surface area contributed by atoms with Gasteiger partial charge in [-0.2, -0.15) is 0 Å². The number of furan rings is 1. The van der Waals surface area contributed by atoms with Gasteiger partial charge in [-0.05, 0) is 30.3 Å². The zero-order chi connectivity index (χ0) is 25.5. The van der Waals surface area contributed by atoms with Gasteiger partial charge in [-0.1, -0.05) is 84.9 Å². The van der Waals surface area contributed by atoms with Crippen molar-refractivity contribution in [3.8, 4) is 17.2 Å². The highest BCUT2D eigenvalue weighted by atomic mass is 32.1. The van der Waals surface area contributed by atoms with E-state index in [-0.39, 0.29) is 0 Å². The molecule has 0 spiro atoms. The molecule has 0 saturated carbocycles. The summed E-state index contributed by atoms with van der Waals surface area (Å²) >= 11 is 1.72.